The number of ether oxygens (including phenoxy) is 3. The maximum absolute atomic E-state index is 13.0. The number of hydrogen-bond donors (Lipinski definition) is 0. The van der Waals surface area contributed by atoms with E-state index in [1.807, 2.05) is 47.5 Å². The number of hydrogen-bond acceptors (Lipinski definition) is 9. The van der Waals surface area contributed by atoms with Gasteiger partial charge in [-0.1, -0.05) is 0 Å². The number of oxazole rings is 1. The predicted molar refractivity (Wildman–Crippen MR) is 146 cm³/mol. The molecule has 0 spiro atoms. The van der Waals surface area contributed by atoms with Crippen molar-refractivity contribution in [1.29, 1.82) is 0 Å². The van der Waals surface area contributed by atoms with E-state index < -0.39 is 0 Å². The lowest BCUT2D eigenvalue weighted by atomic mass is 10.1. The maximum atomic E-state index is 13.0. The summed E-state index contributed by atoms with van der Waals surface area (Å²) in [6, 6.07) is 11.8. The first-order valence-corrected chi connectivity index (χ1v) is 13.2. The van der Waals surface area contributed by atoms with Gasteiger partial charge in [0, 0.05) is 55.8 Å². The van der Waals surface area contributed by atoms with Gasteiger partial charge >= 0.3 is 0 Å². The Morgan fingerprint density at radius 1 is 0.974 bits per heavy atom. The number of benzene rings is 2. The van der Waals surface area contributed by atoms with Gasteiger partial charge in [0.05, 0.1) is 45.2 Å². The van der Waals surface area contributed by atoms with Gasteiger partial charge in [0.1, 0.15) is 10.8 Å². The molecule has 0 unspecified atom stereocenters. The van der Waals surface area contributed by atoms with Crippen LogP contribution in [0.5, 0.6) is 17.2 Å². The zero-order chi connectivity index (χ0) is 26.6. The van der Waals surface area contributed by atoms with E-state index >= 15 is 0 Å². The second-order valence-electron chi connectivity index (χ2n) is 8.89. The lowest BCUT2D eigenvalue weighted by Gasteiger charge is -2.36. The molecule has 0 saturated carbocycles. The molecule has 0 bridgehead atoms. The predicted octanol–water partition coefficient (Wildman–Crippen LogP) is 4.69. The van der Waals surface area contributed by atoms with E-state index in [2.05, 4.69) is 16.0 Å². The number of carbonyl (C=O) groups excluding carboxylic acids is 1. The molecule has 9 nitrogen and oxygen atoms in total. The lowest BCUT2D eigenvalue weighted by molar-refractivity contribution is -0.130. The zero-order valence-corrected chi connectivity index (χ0v) is 22.7. The van der Waals surface area contributed by atoms with Crippen molar-refractivity contribution in [3.63, 3.8) is 0 Å². The summed E-state index contributed by atoms with van der Waals surface area (Å²) in [5, 5.41) is 2.79. The van der Waals surface area contributed by atoms with Gasteiger partial charge in [-0.05, 0) is 30.3 Å². The highest BCUT2D eigenvalue weighted by Crippen LogP contribution is 2.35. The Morgan fingerprint density at radius 3 is 2.42 bits per heavy atom. The Labute approximate surface area is 225 Å². The fraction of sp³-hybridized carbons (Fsp3) is 0.321. The monoisotopic (exact) mass is 534 g/mol. The summed E-state index contributed by atoms with van der Waals surface area (Å²) < 4.78 is 22.0. The largest absolute Gasteiger partial charge is 0.496 e. The molecule has 1 fully saturated rings. The van der Waals surface area contributed by atoms with Crippen molar-refractivity contribution in [3.05, 3.63) is 59.6 Å². The molecule has 2 aromatic carbocycles. The summed E-state index contributed by atoms with van der Waals surface area (Å²) in [7, 11) is 4.87. The third-order valence-corrected chi connectivity index (χ3v) is 7.52. The van der Waals surface area contributed by atoms with Gasteiger partial charge in [-0.25, -0.2) is 9.97 Å². The van der Waals surface area contributed by atoms with Gasteiger partial charge in [-0.2, -0.15) is 0 Å². The summed E-state index contributed by atoms with van der Waals surface area (Å²) in [4.78, 5) is 26.1. The van der Waals surface area contributed by atoms with Crippen molar-refractivity contribution in [2.45, 2.75) is 13.3 Å². The van der Waals surface area contributed by atoms with Crippen molar-refractivity contribution in [3.8, 4) is 39.1 Å². The van der Waals surface area contributed by atoms with Crippen molar-refractivity contribution in [2.75, 3.05) is 52.4 Å². The molecule has 1 saturated heterocycles. The van der Waals surface area contributed by atoms with Crippen LogP contribution in [0.25, 0.3) is 21.9 Å². The Morgan fingerprint density at radius 2 is 1.74 bits per heavy atom. The number of piperazine rings is 1. The highest BCUT2D eigenvalue weighted by Gasteiger charge is 2.23. The first kappa shape index (κ1) is 25.6. The van der Waals surface area contributed by atoms with E-state index in [-0.39, 0.29) is 12.3 Å². The van der Waals surface area contributed by atoms with Crippen molar-refractivity contribution >= 4 is 22.9 Å². The van der Waals surface area contributed by atoms with Crippen LogP contribution in [0, 0.1) is 6.92 Å². The average molecular weight is 535 g/mol. The number of aromatic nitrogens is 2. The number of aryl methyl sites for hydroxylation is 1. The Hall–Kier alpha value is -4.05. The average Bonchev–Trinajstić information content (AvgIpc) is 3.61. The van der Waals surface area contributed by atoms with Crippen LogP contribution in [0.2, 0.25) is 0 Å². The third kappa shape index (κ3) is 5.31. The lowest BCUT2D eigenvalue weighted by Crippen LogP contribution is -2.49. The summed E-state index contributed by atoms with van der Waals surface area (Å²) in [5.74, 6) is 3.42. The molecular formula is C28H30N4O5S. The van der Waals surface area contributed by atoms with E-state index in [9.17, 15) is 4.79 Å². The normalized spacial score (nSPS) is 13.5. The van der Waals surface area contributed by atoms with Crippen LogP contribution in [-0.2, 0) is 11.2 Å². The standard InChI is InChI=1S/C28H30N4O5S/c1-18-29-16-26(37-18)22-7-6-21(15-24(22)35-3)31-9-11-32(12-10-31)27(33)14-20-17-38-28(30-20)19-5-8-23(34-2)25(13-19)36-4/h5-8,13,15-17H,9-12,14H2,1-4H3. The van der Waals surface area contributed by atoms with Crippen LogP contribution in [-0.4, -0.2) is 68.3 Å². The number of nitrogens with zero attached hydrogens (tertiary/aromatic N) is 4. The number of anilines is 1. The molecule has 4 aromatic rings. The smallest absolute Gasteiger partial charge is 0.228 e. The highest BCUT2D eigenvalue weighted by atomic mass is 32.1. The summed E-state index contributed by atoms with van der Waals surface area (Å²) in [5.41, 5.74) is 3.62. The SMILES string of the molecule is COc1ccc(-c2nc(CC(=O)N3CCN(c4ccc(-c5cnc(C)o5)c(OC)c4)CC3)cs2)cc1OC. The Kier molecular flexibility index (Phi) is 7.50. The van der Waals surface area contributed by atoms with Gasteiger partial charge in [-0.15, -0.1) is 11.3 Å². The maximum Gasteiger partial charge on any atom is 0.228 e. The number of methoxy groups -OCH3 is 3. The van der Waals surface area contributed by atoms with E-state index in [0.29, 0.717) is 36.2 Å². The molecule has 10 heteroatoms. The van der Waals surface area contributed by atoms with Crippen LogP contribution in [0.3, 0.4) is 0 Å². The van der Waals surface area contributed by atoms with Gasteiger partial charge in [-0.3, -0.25) is 4.79 Å². The first-order chi connectivity index (χ1) is 18.5. The van der Waals surface area contributed by atoms with Crippen LogP contribution < -0.4 is 19.1 Å². The second kappa shape index (κ2) is 11.1. The molecule has 0 N–H and O–H groups in total. The first-order valence-electron chi connectivity index (χ1n) is 12.3. The van der Waals surface area contributed by atoms with Crippen molar-refractivity contribution < 1.29 is 23.4 Å². The third-order valence-electron chi connectivity index (χ3n) is 6.58. The zero-order valence-electron chi connectivity index (χ0n) is 21.9. The molecular weight excluding hydrogens is 504 g/mol. The van der Waals surface area contributed by atoms with Crippen molar-refractivity contribution in [2.24, 2.45) is 0 Å². The van der Waals surface area contributed by atoms with E-state index in [0.717, 1.165) is 46.4 Å². The molecule has 1 aliphatic heterocycles. The molecule has 1 aliphatic rings. The van der Waals surface area contributed by atoms with E-state index in [4.69, 9.17) is 23.6 Å². The minimum atomic E-state index is 0.0856. The quantitative estimate of drug-likeness (QED) is 0.322. The minimum Gasteiger partial charge on any atom is -0.496 e. The summed E-state index contributed by atoms with van der Waals surface area (Å²) >= 11 is 1.52. The molecule has 38 heavy (non-hydrogen) atoms. The summed E-state index contributed by atoms with van der Waals surface area (Å²) in [6.07, 6.45) is 1.99. The van der Waals surface area contributed by atoms with Gasteiger partial charge < -0.3 is 28.4 Å². The van der Waals surface area contributed by atoms with Gasteiger partial charge in [0.2, 0.25) is 5.91 Å². The number of carbonyl (C=O) groups is 1. The molecule has 0 atom stereocenters. The summed E-state index contributed by atoms with van der Waals surface area (Å²) in [6.45, 7) is 4.60. The number of rotatable bonds is 8. The van der Waals surface area contributed by atoms with Crippen molar-refractivity contribution in [1.82, 2.24) is 14.9 Å². The molecule has 5 rings (SSSR count). The molecule has 198 valence electrons. The molecule has 0 aliphatic carbocycles. The number of thiazole rings is 1. The second-order valence-corrected chi connectivity index (χ2v) is 9.74. The fourth-order valence-corrected chi connectivity index (χ4v) is 5.35. The fourth-order valence-electron chi connectivity index (χ4n) is 4.54. The van der Waals surface area contributed by atoms with Crippen LogP contribution in [0.4, 0.5) is 5.69 Å². The van der Waals surface area contributed by atoms with Crippen LogP contribution in [0.15, 0.2) is 52.4 Å². The molecule has 2 aromatic heterocycles. The van der Waals surface area contributed by atoms with E-state index in [1.165, 1.54) is 11.3 Å². The van der Waals surface area contributed by atoms with Gasteiger partial charge in [0.15, 0.2) is 23.1 Å². The van der Waals surface area contributed by atoms with Crippen LogP contribution >= 0.6 is 11.3 Å². The molecule has 1 amide bonds. The topological polar surface area (TPSA) is 90.2 Å². The van der Waals surface area contributed by atoms with Crippen LogP contribution in [0.1, 0.15) is 11.6 Å². The number of amides is 1. The van der Waals surface area contributed by atoms with Gasteiger partial charge in [0.25, 0.3) is 0 Å². The highest BCUT2D eigenvalue weighted by molar-refractivity contribution is 7.13. The Balaban J connectivity index is 1.20. The molecule has 3 heterocycles. The molecule has 0 radical (unpaired) electrons. The Bertz CT molecular complexity index is 1420. The minimum absolute atomic E-state index is 0.0856. The van der Waals surface area contributed by atoms with E-state index in [1.54, 1.807) is 27.5 Å².